The highest BCUT2D eigenvalue weighted by Crippen LogP contribution is 2.20. The number of anilines is 4. The normalized spacial score (nSPS) is 10.1. The van der Waals surface area contributed by atoms with Gasteiger partial charge in [0.05, 0.1) is 11.6 Å². The highest BCUT2D eigenvalue weighted by molar-refractivity contribution is 6.04. The van der Waals surface area contributed by atoms with Crippen molar-refractivity contribution >= 4 is 28.8 Å². The van der Waals surface area contributed by atoms with Crippen molar-refractivity contribution in [2.45, 2.75) is 13.8 Å². The number of benzene rings is 2. The second-order valence-electron chi connectivity index (χ2n) is 6.42. The molecule has 0 fully saturated rings. The van der Waals surface area contributed by atoms with Gasteiger partial charge in [0.15, 0.2) is 0 Å². The molecule has 0 unspecified atom stereocenters. The summed E-state index contributed by atoms with van der Waals surface area (Å²) in [5.74, 6) is 0.352. The van der Waals surface area contributed by atoms with Crippen LogP contribution in [-0.2, 0) is 0 Å². The van der Waals surface area contributed by atoms with E-state index in [2.05, 4.69) is 40.4 Å². The van der Waals surface area contributed by atoms with Crippen LogP contribution in [0.25, 0.3) is 0 Å². The van der Waals surface area contributed by atoms with Gasteiger partial charge in [0.1, 0.15) is 5.82 Å². The summed E-state index contributed by atoms with van der Waals surface area (Å²) in [5, 5.41) is 14.9. The fraction of sp³-hybridized carbons (Fsp3) is 0.174. The summed E-state index contributed by atoms with van der Waals surface area (Å²) in [6.45, 7) is 6.11. The molecule has 6 heteroatoms. The van der Waals surface area contributed by atoms with Crippen LogP contribution in [-0.4, -0.2) is 24.0 Å². The summed E-state index contributed by atoms with van der Waals surface area (Å²) in [6, 6.07) is 20.3. The Kier molecular flexibility index (Phi) is 6.43. The fourth-order valence-corrected chi connectivity index (χ4v) is 2.96. The molecule has 0 bridgehead atoms. The van der Waals surface area contributed by atoms with E-state index in [0.29, 0.717) is 16.9 Å². The SMILES string of the molecule is CCN(CC)c1ccc(NC(=O)c2ccnc(Nc3ccc(C#N)cc3)c2)cc1. The van der Waals surface area contributed by atoms with Crippen molar-refractivity contribution in [2.75, 3.05) is 28.6 Å². The van der Waals surface area contributed by atoms with Gasteiger partial charge in [0, 0.05) is 41.9 Å². The lowest BCUT2D eigenvalue weighted by Crippen LogP contribution is -2.21. The van der Waals surface area contributed by atoms with E-state index >= 15 is 0 Å². The van der Waals surface area contributed by atoms with Crippen molar-refractivity contribution in [3.8, 4) is 6.07 Å². The van der Waals surface area contributed by atoms with Gasteiger partial charge in [-0.15, -0.1) is 0 Å². The maximum atomic E-state index is 12.6. The molecule has 1 heterocycles. The van der Waals surface area contributed by atoms with Crippen molar-refractivity contribution in [1.29, 1.82) is 5.26 Å². The molecule has 0 saturated heterocycles. The zero-order chi connectivity index (χ0) is 20.6. The summed E-state index contributed by atoms with van der Waals surface area (Å²) in [5.41, 5.74) is 3.75. The number of aromatic nitrogens is 1. The van der Waals surface area contributed by atoms with Crippen LogP contribution in [0.2, 0.25) is 0 Å². The van der Waals surface area contributed by atoms with Crippen LogP contribution in [0.4, 0.5) is 22.9 Å². The largest absolute Gasteiger partial charge is 0.372 e. The Balaban J connectivity index is 1.68. The summed E-state index contributed by atoms with van der Waals surface area (Å²) in [6.07, 6.45) is 1.59. The maximum absolute atomic E-state index is 12.6. The molecule has 0 aliphatic rings. The third-order valence-corrected chi connectivity index (χ3v) is 4.56. The Morgan fingerprint density at radius 1 is 1.00 bits per heavy atom. The number of carbonyl (C=O) groups excluding carboxylic acids is 1. The van der Waals surface area contributed by atoms with Crippen molar-refractivity contribution < 1.29 is 4.79 Å². The molecule has 146 valence electrons. The fourth-order valence-electron chi connectivity index (χ4n) is 2.96. The first-order valence-corrected chi connectivity index (χ1v) is 9.52. The number of amides is 1. The van der Waals surface area contributed by atoms with Gasteiger partial charge in [-0.05, 0) is 74.5 Å². The standard InChI is InChI=1S/C23H23N5O/c1-3-28(4-2)21-11-9-20(10-12-21)27-23(29)18-13-14-25-22(15-18)26-19-7-5-17(16-24)6-8-19/h5-15H,3-4H2,1-2H3,(H,25,26)(H,27,29). The Morgan fingerprint density at radius 3 is 2.28 bits per heavy atom. The topological polar surface area (TPSA) is 81.1 Å². The van der Waals surface area contributed by atoms with Crippen molar-refractivity contribution in [3.63, 3.8) is 0 Å². The van der Waals surface area contributed by atoms with Crippen LogP contribution in [0.15, 0.2) is 66.9 Å². The van der Waals surface area contributed by atoms with Gasteiger partial charge in [-0.25, -0.2) is 4.98 Å². The third kappa shape index (κ3) is 5.11. The van der Waals surface area contributed by atoms with E-state index in [1.54, 1.807) is 42.6 Å². The van der Waals surface area contributed by atoms with Crippen LogP contribution in [0.5, 0.6) is 0 Å². The number of hydrogen-bond donors (Lipinski definition) is 2. The monoisotopic (exact) mass is 385 g/mol. The quantitative estimate of drug-likeness (QED) is 0.611. The predicted octanol–water partition coefficient (Wildman–Crippen LogP) is 4.80. The number of carbonyl (C=O) groups is 1. The number of nitrogens with one attached hydrogen (secondary N) is 2. The molecule has 0 saturated carbocycles. The minimum absolute atomic E-state index is 0.203. The highest BCUT2D eigenvalue weighted by atomic mass is 16.1. The smallest absolute Gasteiger partial charge is 0.255 e. The lowest BCUT2D eigenvalue weighted by molar-refractivity contribution is 0.102. The molecule has 0 aliphatic carbocycles. The Morgan fingerprint density at radius 2 is 1.66 bits per heavy atom. The molecule has 2 N–H and O–H groups in total. The summed E-state index contributed by atoms with van der Waals surface area (Å²) >= 11 is 0. The molecule has 2 aromatic carbocycles. The van der Waals surface area contributed by atoms with E-state index in [0.717, 1.165) is 30.2 Å². The molecule has 0 radical (unpaired) electrons. The Labute approximate surface area is 170 Å². The van der Waals surface area contributed by atoms with Crippen molar-refractivity contribution in [2.24, 2.45) is 0 Å². The van der Waals surface area contributed by atoms with E-state index in [9.17, 15) is 4.79 Å². The molecule has 29 heavy (non-hydrogen) atoms. The molecule has 0 aliphatic heterocycles. The molecule has 3 aromatic rings. The van der Waals surface area contributed by atoms with E-state index in [1.165, 1.54) is 0 Å². The molecule has 0 spiro atoms. The van der Waals surface area contributed by atoms with Gasteiger partial charge in [0.2, 0.25) is 0 Å². The van der Waals surface area contributed by atoms with E-state index in [4.69, 9.17) is 5.26 Å². The van der Waals surface area contributed by atoms with Gasteiger partial charge in [-0.3, -0.25) is 4.79 Å². The zero-order valence-electron chi connectivity index (χ0n) is 16.5. The Bertz CT molecular complexity index is 1000. The number of hydrogen-bond acceptors (Lipinski definition) is 5. The zero-order valence-corrected chi connectivity index (χ0v) is 16.5. The van der Waals surface area contributed by atoms with Crippen LogP contribution in [0.3, 0.4) is 0 Å². The van der Waals surface area contributed by atoms with Crippen LogP contribution in [0, 0.1) is 11.3 Å². The van der Waals surface area contributed by atoms with Gasteiger partial charge in [-0.2, -0.15) is 5.26 Å². The molecule has 0 atom stereocenters. The second-order valence-corrected chi connectivity index (χ2v) is 6.42. The lowest BCUT2D eigenvalue weighted by Gasteiger charge is -2.21. The number of nitrogens with zero attached hydrogens (tertiary/aromatic N) is 3. The minimum atomic E-state index is -0.203. The number of nitriles is 1. The van der Waals surface area contributed by atoms with Gasteiger partial charge in [-0.1, -0.05) is 0 Å². The highest BCUT2D eigenvalue weighted by Gasteiger charge is 2.09. The predicted molar refractivity (Wildman–Crippen MR) is 117 cm³/mol. The molecule has 3 rings (SSSR count). The van der Waals surface area contributed by atoms with Crippen LogP contribution < -0.4 is 15.5 Å². The average molecular weight is 385 g/mol. The molecule has 1 amide bonds. The van der Waals surface area contributed by atoms with Gasteiger partial charge < -0.3 is 15.5 Å². The maximum Gasteiger partial charge on any atom is 0.255 e. The molecular weight excluding hydrogens is 362 g/mol. The first-order valence-electron chi connectivity index (χ1n) is 9.52. The lowest BCUT2D eigenvalue weighted by atomic mass is 10.2. The number of pyridine rings is 1. The molecule has 1 aromatic heterocycles. The van der Waals surface area contributed by atoms with E-state index in [1.807, 2.05) is 24.3 Å². The van der Waals surface area contributed by atoms with Crippen molar-refractivity contribution in [1.82, 2.24) is 4.98 Å². The first kappa shape index (κ1) is 19.9. The third-order valence-electron chi connectivity index (χ3n) is 4.56. The summed E-state index contributed by atoms with van der Waals surface area (Å²) in [4.78, 5) is 19.1. The van der Waals surface area contributed by atoms with Crippen LogP contribution >= 0.6 is 0 Å². The van der Waals surface area contributed by atoms with Gasteiger partial charge >= 0.3 is 0 Å². The van der Waals surface area contributed by atoms with Crippen LogP contribution in [0.1, 0.15) is 29.8 Å². The van der Waals surface area contributed by atoms with Crippen molar-refractivity contribution in [3.05, 3.63) is 78.0 Å². The Hall–Kier alpha value is -3.85. The summed E-state index contributed by atoms with van der Waals surface area (Å²) < 4.78 is 0. The number of rotatable bonds is 7. The van der Waals surface area contributed by atoms with Gasteiger partial charge in [0.25, 0.3) is 5.91 Å². The average Bonchev–Trinajstić information content (AvgIpc) is 2.76. The van der Waals surface area contributed by atoms with E-state index in [-0.39, 0.29) is 5.91 Å². The van der Waals surface area contributed by atoms with E-state index < -0.39 is 0 Å². The second kappa shape index (κ2) is 9.38. The summed E-state index contributed by atoms with van der Waals surface area (Å²) in [7, 11) is 0. The minimum Gasteiger partial charge on any atom is -0.372 e. The molecule has 6 nitrogen and oxygen atoms in total. The molecular formula is C23H23N5O. The first-order chi connectivity index (χ1) is 14.1.